The molecule has 2 aliphatic rings. The Morgan fingerprint density at radius 1 is 1.19 bits per heavy atom. The van der Waals surface area contributed by atoms with Crippen LogP contribution in [-0.2, 0) is 16.2 Å². The quantitative estimate of drug-likeness (QED) is 0.722. The second kappa shape index (κ2) is 7.46. The minimum absolute atomic E-state index is 0.00400. The Morgan fingerprint density at radius 3 is 2.48 bits per heavy atom. The number of aliphatic hydroxyl groups excluding tert-OH is 1. The molecule has 2 aliphatic heterocycles. The first-order chi connectivity index (χ1) is 14.5. The van der Waals surface area contributed by atoms with Crippen LogP contribution in [0.15, 0.2) is 57.7 Å². The van der Waals surface area contributed by atoms with Gasteiger partial charge < -0.3 is 10.0 Å². The molecule has 0 aromatic heterocycles. The Hall–Kier alpha value is -2.70. The van der Waals surface area contributed by atoms with Gasteiger partial charge in [-0.15, -0.1) is 0 Å². The molecule has 2 N–H and O–H groups in total. The van der Waals surface area contributed by atoms with Gasteiger partial charge in [-0.1, -0.05) is 5.22 Å². The largest absolute Gasteiger partial charge is 0.416 e. The first kappa shape index (κ1) is 21.5. The minimum atomic E-state index is -4.44. The number of nitrogens with zero attached hydrogens (tertiary/aromatic N) is 4. The van der Waals surface area contributed by atoms with Crippen molar-refractivity contribution >= 4 is 21.4 Å². The highest BCUT2D eigenvalue weighted by Gasteiger charge is 2.46. The molecule has 0 saturated heterocycles. The summed E-state index contributed by atoms with van der Waals surface area (Å²) in [7, 11) is -2.19. The van der Waals surface area contributed by atoms with Crippen LogP contribution < -0.4 is 9.62 Å². The van der Waals surface area contributed by atoms with Crippen molar-refractivity contribution in [1.29, 1.82) is 0 Å². The first-order valence-corrected chi connectivity index (χ1v) is 10.9. The van der Waals surface area contributed by atoms with Crippen LogP contribution in [0, 0.1) is 0 Å². The predicted molar refractivity (Wildman–Crippen MR) is 106 cm³/mol. The number of halogens is 3. The van der Waals surface area contributed by atoms with Gasteiger partial charge in [-0.3, -0.25) is 5.01 Å². The summed E-state index contributed by atoms with van der Waals surface area (Å²) in [5.41, 5.74) is 0.974. The summed E-state index contributed by atoms with van der Waals surface area (Å²) in [5.74, 6) is 0. The normalized spacial score (nSPS) is 21.4. The Kier molecular flexibility index (Phi) is 5.18. The van der Waals surface area contributed by atoms with Crippen LogP contribution in [-0.4, -0.2) is 44.4 Å². The van der Waals surface area contributed by atoms with E-state index < -0.39 is 40.0 Å². The molecule has 166 valence electrons. The summed E-state index contributed by atoms with van der Waals surface area (Å²) in [6, 6.07) is 8.09. The van der Waals surface area contributed by atoms with Crippen molar-refractivity contribution in [2.75, 3.05) is 18.6 Å². The lowest BCUT2D eigenvalue weighted by atomic mass is 10.1. The molecule has 31 heavy (non-hydrogen) atoms. The summed E-state index contributed by atoms with van der Waals surface area (Å²) < 4.78 is 66.5. The number of sulfonamides is 1. The van der Waals surface area contributed by atoms with Gasteiger partial charge >= 0.3 is 6.18 Å². The minimum Gasteiger partial charge on any atom is -0.395 e. The monoisotopic (exact) mass is 455 g/mol. The molecule has 3 atom stereocenters. The van der Waals surface area contributed by atoms with Gasteiger partial charge in [-0.25, -0.2) is 13.1 Å². The number of alkyl halides is 3. The van der Waals surface area contributed by atoms with Crippen molar-refractivity contribution in [1.82, 2.24) is 9.73 Å². The Balaban J connectivity index is 1.76. The van der Waals surface area contributed by atoms with Crippen LogP contribution in [0.4, 0.5) is 24.5 Å². The molecule has 12 heteroatoms. The van der Waals surface area contributed by atoms with E-state index >= 15 is 0 Å². The van der Waals surface area contributed by atoms with Gasteiger partial charge in [0, 0.05) is 30.0 Å². The number of hydrogen-bond acceptors (Lipinski definition) is 7. The molecule has 0 spiro atoms. The number of fused-ring (bicyclic) bond motifs is 3. The first-order valence-electron chi connectivity index (χ1n) is 9.40. The highest BCUT2D eigenvalue weighted by Crippen LogP contribution is 2.50. The summed E-state index contributed by atoms with van der Waals surface area (Å²) in [5, 5.41) is 19.0. The number of benzene rings is 2. The van der Waals surface area contributed by atoms with E-state index in [0.29, 0.717) is 16.9 Å². The number of rotatable bonds is 5. The molecule has 0 bridgehead atoms. The summed E-state index contributed by atoms with van der Waals surface area (Å²) >= 11 is 0. The van der Waals surface area contributed by atoms with Gasteiger partial charge in [0.15, 0.2) is 6.17 Å². The van der Waals surface area contributed by atoms with E-state index in [1.54, 1.807) is 23.0 Å². The molecule has 0 saturated carbocycles. The number of hydrogen-bond donors (Lipinski definition) is 2. The Morgan fingerprint density at radius 2 is 1.87 bits per heavy atom. The maximum Gasteiger partial charge on any atom is 0.416 e. The van der Waals surface area contributed by atoms with Crippen LogP contribution in [0.5, 0.6) is 0 Å². The van der Waals surface area contributed by atoms with E-state index in [4.69, 9.17) is 5.11 Å². The molecule has 2 aromatic carbocycles. The molecule has 0 radical (unpaired) electrons. The third kappa shape index (κ3) is 3.75. The highest BCUT2D eigenvalue weighted by molar-refractivity contribution is 7.89. The summed E-state index contributed by atoms with van der Waals surface area (Å²) in [6.45, 7) is 1.18. The molecule has 0 fully saturated rings. The number of nitrogens with one attached hydrogen (secondary N) is 1. The van der Waals surface area contributed by atoms with Gasteiger partial charge in [0.05, 0.1) is 17.1 Å². The predicted octanol–water partition coefficient (Wildman–Crippen LogP) is 3.20. The molecule has 0 aliphatic carbocycles. The van der Waals surface area contributed by atoms with E-state index in [9.17, 15) is 21.6 Å². The smallest absolute Gasteiger partial charge is 0.395 e. The summed E-state index contributed by atoms with van der Waals surface area (Å²) in [6.07, 6.45) is -4.88. The zero-order chi connectivity index (χ0) is 22.6. The van der Waals surface area contributed by atoms with Crippen LogP contribution in [0.25, 0.3) is 0 Å². The molecule has 8 nitrogen and oxygen atoms in total. The second-order valence-electron chi connectivity index (χ2n) is 7.48. The third-order valence-corrected chi connectivity index (χ3v) is 6.82. The standard InChI is InChI=1S/C19H20F3N5O3S/c1-11(10-28)24-31(29,30)14-7-8-16-15(9-14)17-18(26(2)25-23-17)27(16)13-5-3-12(4-6-13)19(20,21)22/h3-9,11,17-18,24,28H,10H2,1-2H3/t11-,17?,18?/m0/s1. The zero-order valence-electron chi connectivity index (χ0n) is 16.6. The van der Waals surface area contributed by atoms with Gasteiger partial charge in [-0.05, 0) is 49.4 Å². The molecule has 4 rings (SSSR count). The Labute approximate surface area is 177 Å². The van der Waals surface area contributed by atoms with Crippen molar-refractivity contribution in [2.24, 2.45) is 10.3 Å². The van der Waals surface area contributed by atoms with Gasteiger partial charge in [0.25, 0.3) is 0 Å². The van der Waals surface area contributed by atoms with Crippen LogP contribution in [0.1, 0.15) is 24.1 Å². The van der Waals surface area contributed by atoms with E-state index in [0.717, 1.165) is 12.1 Å². The lowest BCUT2D eigenvalue weighted by molar-refractivity contribution is -0.137. The van der Waals surface area contributed by atoms with Crippen molar-refractivity contribution in [3.63, 3.8) is 0 Å². The van der Waals surface area contributed by atoms with E-state index in [-0.39, 0.29) is 11.5 Å². The third-order valence-electron chi connectivity index (χ3n) is 5.24. The van der Waals surface area contributed by atoms with Gasteiger partial charge in [0.2, 0.25) is 10.0 Å². The van der Waals surface area contributed by atoms with Crippen molar-refractivity contribution in [2.45, 2.75) is 36.2 Å². The number of aliphatic hydroxyl groups is 1. The van der Waals surface area contributed by atoms with Crippen LogP contribution in [0.3, 0.4) is 0 Å². The lowest BCUT2D eigenvalue weighted by Gasteiger charge is -2.30. The fourth-order valence-corrected chi connectivity index (χ4v) is 5.03. The zero-order valence-corrected chi connectivity index (χ0v) is 17.4. The topological polar surface area (TPSA) is 97.6 Å². The molecular weight excluding hydrogens is 435 g/mol. The highest BCUT2D eigenvalue weighted by atomic mass is 32.2. The molecular formula is C19H20F3N5O3S. The van der Waals surface area contributed by atoms with E-state index in [1.165, 1.54) is 31.2 Å². The van der Waals surface area contributed by atoms with E-state index in [1.807, 2.05) is 0 Å². The van der Waals surface area contributed by atoms with Crippen LogP contribution in [0.2, 0.25) is 0 Å². The maximum atomic E-state index is 13.0. The summed E-state index contributed by atoms with van der Waals surface area (Å²) in [4.78, 5) is 1.80. The molecule has 2 aromatic rings. The van der Waals surface area contributed by atoms with E-state index in [2.05, 4.69) is 15.1 Å². The fraction of sp³-hybridized carbons (Fsp3) is 0.368. The lowest BCUT2D eigenvalue weighted by Crippen LogP contribution is -2.38. The average molecular weight is 455 g/mol. The maximum absolute atomic E-state index is 13.0. The number of likely N-dealkylation sites (N-methyl/N-ethyl adjacent to an activating group) is 1. The van der Waals surface area contributed by atoms with Crippen molar-refractivity contribution < 1.29 is 26.7 Å². The fourth-order valence-electron chi connectivity index (χ4n) is 3.76. The van der Waals surface area contributed by atoms with Crippen LogP contribution >= 0.6 is 0 Å². The second-order valence-corrected chi connectivity index (χ2v) is 9.19. The molecule has 0 amide bonds. The molecule has 2 heterocycles. The average Bonchev–Trinajstić information content (AvgIpc) is 3.24. The number of anilines is 2. The molecule has 2 unspecified atom stereocenters. The van der Waals surface area contributed by atoms with Crippen molar-refractivity contribution in [3.8, 4) is 0 Å². The van der Waals surface area contributed by atoms with Gasteiger partial charge in [0.1, 0.15) is 6.04 Å². The SMILES string of the molecule is C[C@@H](CO)NS(=O)(=O)c1ccc2c(c1)C1N=NN(C)C1N2c1ccc(C(F)(F)F)cc1. The van der Waals surface area contributed by atoms with Crippen molar-refractivity contribution in [3.05, 3.63) is 53.6 Å². The Bertz CT molecular complexity index is 1120. The van der Waals surface area contributed by atoms with Gasteiger partial charge in [-0.2, -0.15) is 18.3 Å².